The van der Waals surface area contributed by atoms with E-state index >= 15 is 0 Å². The predicted molar refractivity (Wildman–Crippen MR) is 84.1 cm³/mol. The van der Waals surface area contributed by atoms with Crippen LogP contribution in [0.1, 0.15) is 37.8 Å². The number of hydrogen-bond donors (Lipinski definition) is 0. The second-order valence-corrected chi connectivity index (χ2v) is 8.46. The van der Waals surface area contributed by atoms with Crippen LogP contribution in [0.15, 0.2) is 24.3 Å². The summed E-state index contributed by atoms with van der Waals surface area (Å²) in [6.45, 7) is 9.87. The zero-order chi connectivity index (χ0) is 14.3. The summed E-state index contributed by atoms with van der Waals surface area (Å²) in [7, 11) is -2.07. The van der Waals surface area contributed by atoms with E-state index in [1.54, 1.807) is 0 Å². The lowest BCUT2D eigenvalue weighted by Crippen LogP contribution is -2.40. The molecule has 0 aromatic heterocycles. The van der Waals surface area contributed by atoms with E-state index in [0.717, 1.165) is 6.04 Å². The molecule has 1 atom stereocenters. The Morgan fingerprint density at radius 3 is 2.26 bits per heavy atom. The number of hydrogen-bond acceptors (Lipinski definition) is 2. The van der Waals surface area contributed by atoms with E-state index in [9.17, 15) is 0 Å². The van der Waals surface area contributed by atoms with Gasteiger partial charge < -0.3 is 8.85 Å². The lowest BCUT2D eigenvalue weighted by atomic mass is 9.98. The molecule has 0 radical (unpaired) electrons. The molecular weight excluding hydrogens is 276 g/mol. The largest absolute Gasteiger partial charge is 0.395 e. The molecule has 0 bridgehead atoms. The van der Waals surface area contributed by atoms with Crippen molar-refractivity contribution in [1.29, 1.82) is 0 Å². The summed E-state index contributed by atoms with van der Waals surface area (Å²) in [6, 6.07) is 9.33. The van der Waals surface area contributed by atoms with Crippen LogP contribution in [0, 0.1) is 0 Å². The Hall–Kier alpha value is -0.353. The van der Waals surface area contributed by atoms with Gasteiger partial charge >= 0.3 is 8.56 Å². The van der Waals surface area contributed by atoms with Crippen LogP contribution in [0.2, 0.25) is 12.6 Å². The van der Waals surface area contributed by atoms with Gasteiger partial charge in [0.2, 0.25) is 0 Å². The van der Waals surface area contributed by atoms with Crippen molar-refractivity contribution in [2.24, 2.45) is 0 Å². The van der Waals surface area contributed by atoms with Crippen LogP contribution in [0.3, 0.4) is 0 Å². The molecule has 1 rings (SSSR count). The minimum atomic E-state index is -2.07. The zero-order valence-corrected chi connectivity index (χ0v) is 14.2. The van der Waals surface area contributed by atoms with Gasteiger partial charge in [-0.15, -0.1) is 11.6 Å². The molecule has 1 aromatic rings. The second kappa shape index (κ2) is 8.05. The average molecular weight is 301 g/mol. The normalized spacial score (nSPS) is 13.5. The summed E-state index contributed by atoms with van der Waals surface area (Å²) in [5.41, 5.74) is 2.52. The van der Waals surface area contributed by atoms with Crippen molar-refractivity contribution in [2.45, 2.75) is 45.2 Å². The van der Waals surface area contributed by atoms with Crippen LogP contribution >= 0.6 is 11.6 Å². The Morgan fingerprint density at radius 1 is 1.16 bits per heavy atom. The van der Waals surface area contributed by atoms with Crippen molar-refractivity contribution >= 4 is 20.2 Å². The highest BCUT2D eigenvalue weighted by molar-refractivity contribution is 6.66. The Labute approximate surface area is 123 Å². The van der Waals surface area contributed by atoms with Gasteiger partial charge in [-0.3, -0.25) is 0 Å². The van der Waals surface area contributed by atoms with Gasteiger partial charge in [-0.25, -0.2) is 0 Å². The van der Waals surface area contributed by atoms with Crippen molar-refractivity contribution < 1.29 is 8.85 Å². The summed E-state index contributed by atoms with van der Waals surface area (Å²) >= 11 is 6.02. The first-order valence-corrected chi connectivity index (χ1v) is 10.0. The van der Waals surface area contributed by atoms with Crippen LogP contribution in [0.4, 0.5) is 0 Å². The SMILES string of the molecule is CCO[Si](C)(CC(C)c1ccccc1CCl)OCC. The Kier molecular flexibility index (Phi) is 7.08. The molecule has 0 saturated heterocycles. The summed E-state index contributed by atoms with van der Waals surface area (Å²) in [4.78, 5) is 0. The van der Waals surface area contributed by atoms with Crippen molar-refractivity contribution in [3.63, 3.8) is 0 Å². The molecule has 0 amide bonds. The van der Waals surface area contributed by atoms with E-state index in [-0.39, 0.29) is 0 Å². The quantitative estimate of drug-likeness (QED) is 0.513. The van der Waals surface area contributed by atoms with E-state index in [1.807, 2.05) is 19.9 Å². The fourth-order valence-corrected chi connectivity index (χ4v) is 5.69. The van der Waals surface area contributed by atoms with Gasteiger partial charge in [0.05, 0.1) is 0 Å². The lowest BCUT2D eigenvalue weighted by molar-refractivity contribution is 0.187. The molecule has 0 saturated carbocycles. The Morgan fingerprint density at radius 2 is 1.74 bits per heavy atom. The molecule has 0 heterocycles. The fourth-order valence-electron chi connectivity index (χ4n) is 2.57. The summed E-state index contributed by atoms with van der Waals surface area (Å²) in [6.07, 6.45) is 0. The van der Waals surface area contributed by atoms with Crippen LogP contribution in [-0.2, 0) is 14.7 Å². The van der Waals surface area contributed by atoms with Crippen LogP contribution < -0.4 is 0 Å². The van der Waals surface area contributed by atoms with E-state index in [4.69, 9.17) is 20.5 Å². The highest BCUT2D eigenvalue weighted by atomic mass is 35.5. The molecule has 2 nitrogen and oxygen atoms in total. The summed E-state index contributed by atoms with van der Waals surface area (Å²) < 4.78 is 11.8. The van der Waals surface area contributed by atoms with Gasteiger partial charge in [0.1, 0.15) is 0 Å². The third-order valence-electron chi connectivity index (χ3n) is 3.31. The van der Waals surface area contributed by atoms with Gasteiger partial charge in [0.15, 0.2) is 0 Å². The van der Waals surface area contributed by atoms with Crippen molar-refractivity contribution in [2.75, 3.05) is 13.2 Å². The van der Waals surface area contributed by atoms with E-state index in [2.05, 4.69) is 31.7 Å². The maximum Gasteiger partial charge on any atom is 0.335 e. The van der Waals surface area contributed by atoms with Crippen LogP contribution in [0.25, 0.3) is 0 Å². The topological polar surface area (TPSA) is 18.5 Å². The molecule has 0 fully saturated rings. The van der Waals surface area contributed by atoms with Gasteiger partial charge in [-0.05, 0) is 43.5 Å². The molecule has 0 aliphatic rings. The molecular formula is C15H25ClO2Si. The van der Waals surface area contributed by atoms with Crippen molar-refractivity contribution in [1.82, 2.24) is 0 Å². The molecule has 1 unspecified atom stereocenters. The van der Waals surface area contributed by atoms with E-state index in [0.29, 0.717) is 25.0 Å². The molecule has 0 N–H and O–H groups in total. The third kappa shape index (κ3) is 4.92. The highest BCUT2D eigenvalue weighted by Gasteiger charge is 2.33. The van der Waals surface area contributed by atoms with Gasteiger partial charge in [-0.1, -0.05) is 31.2 Å². The first kappa shape index (κ1) is 16.7. The molecule has 0 aliphatic carbocycles. The predicted octanol–water partition coefficient (Wildman–Crippen LogP) is 4.67. The number of rotatable bonds is 8. The minimum absolute atomic E-state index is 0.407. The highest BCUT2D eigenvalue weighted by Crippen LogP contribution is 2.30. The summed E-state index contributed by atoms with van der Waals surface area (Å²) in [5, 5.41) is 0. The maximum atomic E-state index is 6.02. The number of benzene rings is 1. The Balaban J connectivity index is 2.84. The standard InChI is InChI=1S/C15H25ClO2Si/c1-5-17-19(4,18-6-2)12-13(3)15-10-8-7-9-14(15)11-16/h7-10,13H,5-6,11-12H2,1-4H3. The average Bonchev–Trinajstić information content (AvgIpc) is 2.38. The van der Waals surface area contributed by atoms with Gasteiger partial charge in [0, 0.05) is 19.1 Å². The van der Waals surface area contributed by atoms with Crippen molar-refractivity contribution in [3.8, 4) is 0 Å². The van der Waals surface area contributed by atoms with Gasteiger partial charge in [0.25, 0.3) is 0 Å². The first-order chi connectivity index (χ1) is 9.06. The van der Waals surface area contributed by atoms with E-state index < -0.39 is 8.56 Å². The van der Waals surface area contributed by atoms with Crippen molar-refractivity contribution in [3.05, 3.63) is 35.4 Å². The number of alkyl halides is 1. The minimum Gasteiger partial charge on any atom is -0.395 e. The monoisotopic (exact) mass is 300 g/mol. The summed E-state index contributed by atoms with van der Waals surface area (Å²) in [5.74, 6) is 0.965. The fraction of sp³-hybridized carbons (Fsp3) is 0.600. The maximum absolute atomic E-state index is 6.02. The number of halogens is 1. The van der Waals surface area contributed by atoms with Crippen LogP contribution in [0.5, 0.6) is 0 Å². The Bertz CT molecular complexity index is 378. The third-order valence-corrected chi connectivity index (χ3v) is 6.75. The second-order valence-electron chi connectivity index (χ2n) is 4.94. The molecule has 4 heteroatoms. The zero-order valence-electron chi connectivity index (χ0n) is 12.4. The molecule has 19 heavy (non-hydrogen) atoms. The molecule has 108 valence electrons. The van der Waals surface area contributed by atoms with E-state index in [1.165, 1.54) is 11.1 Å². The lowest BCUT2D eigenvalue weighted by Gasteiger charge is -2.29. The molecule has 0 aliphatic heterocycles. The first-order valence-electron chi connectivity index (χ1n) is 6.98. The van der Waals surface area contributed by atoms with Crippen LogP contribution in [-0.4, -0.2) is 21.8 Å². The smallest absolute Gasteiger partial charge is 0.335 e. The molecule has 1 aromatic carbocycles. The molecule has 0 spiro atoms. The van der Waals surface area contributed by atoms with Gasteiger partial charge in [-0.2, -0.15) is 0 Å².